The maximum atomic E-state index is 6.49. The van der Waals surface area contributed by atoms with Crippen molar-refractivity contribution >= 4 is 0 Å². The second-order valence-corrected chi connectivity index (χ2v) is 9.43. The van der Waals surface area contributed by atoms with Crippen molar-refractivity contribution in [2.75, 3.05) is 0 Å². The molecule has 0 amide bonds. The summed E-state index contributed by atoms with van der Waals surface area (Å²) < 4.78 is 12.6. The first-order valence-corrected chi connectivity index (χ1v) is 12.3. The highest BCUT2D eigenvalue weighted by molar-refractivity contribution is 5.88. The Labute approximate surface area is 213 Å². The maximum Gasteiger partial charge on any atom is 0.248 e. The number of hydrogen-bond acceptors (Lipinski definition) is 4. The smallest absolute Gasteiger partial charge is 0.248 e. The van der Waals surface area contributed by atoms with Crippen molar-refractivity contribution in [2.24, 2.45) is 0 Å². The standard InChI is InChI=1S/C33H20N2O2/c1-2-10-21(11-3-1)31-34-35-32(37-31)22-18-19-30-28(20-22)33(27-16-8-9-17-29(27)36-30)25-14-6-4-12-23(25)24-13-5-7-15-26(24)33/h1-20H. The lowest BCUT2D eigenvalue weighted by atomic mass is 9.66. The van der Waals surface area contributed by atoms with Crippen LogP contribution in [0, 0.1) is 0 Å². The highest BCUT2D eigenvalue weighted by Gasteiger charge is 2.51. The van der Waals surface area contributed by atoms with Crippen LogP contribution in [-0.2, 0) is 5.41 Å². The molecule has 37 heavy (non-hydrogen) atoms. The summed E-state index contributed by atoms with van der Waals surface area (Å²) in [4.78, 5) is 0. The van der Waals surface area contributed by atoms with Gasteiger partial charge in [-0.25, -0.2) is 0 Å². The van der Waals surface area contributed by atoms with E-state index in [2.05, 4.69) is 83.0 Å². The average Bonchev–Trinajstić information content (AvgIpc) is 3.57. The Kier molecular flexibility index (Phi) is 4.12. The summed E-state index contributed by atoms with van der Waals surface area (Å²) in [7, 11) is 0. The molecule has 0 N–H and O–H groups in total. The number of ether oxygens (including phenoxy) is 1. The first-order chi connectivity index (χ1) is 18.3. The summed E-state index contributed by atoms with van der Waals surface area (Å²) in [6.45, 7) is 0. The Balaban J connectivity index is 1.40. The molecule has 0 bridgehead atoms. The van der Waals surface area contributed by atoms with Gasteiger partial charge in [-0.3, -0.25) is 0 Å². The van der Waals surface area contributed by atoms with Crippen LogP contribution >= 0.6 is 0 Å². The quantitative estimate of drug-likeness (QED) is 0.255. The number of aromatic nitrogens is 2. The zero-order chi connectivity index (χ0) is 24.4. The lowest BCUT2D eigenvalue weighted by Gasteiger charge is -2.39. The predicted octanol–water partition coefficient (Wildman–Crippen LogP) is 7.87. The summed E-state index contributed by atoms with van der Waals surface area (Å²) >= 11 is 0. The molecule has 8 rings (SSSR count). The average molecular weight is 477 g/mol. The minimum Gasteiger partial charge on any atom is -0.457 e. The number of fused-ring (bicyclic) bond motifs is 9. The zero-order valence-corrected chi connectivity index (χ0v) is 19.8. The molecule has 2 heterocycles. The van der Waals surface area contributed by atoms with E-state index in [9.17, 15) is 0 Å². The minimum atomic E-state index is -0.518. The van der Waals surface area contributed by atoms with Gasteiger partial charge < -0.3 is 9.15 Å². The third-order valence-corrected chi connectivity index (χ3v) is 7.54. The molecule has 4 nitrogen and oxygen atoms in total. The summed E-state index contributed by atoms with van der Waals surface area (Å²) in [5.74, 6) is 2.69. The van der Waals surface area contributed by atoms with Crippen LogP contribution in [0.2, 0.25) is 0 Å². The van der Waals surface area contributed by atoms with Crippen LogP contribution in [0.5, 0.6) is 11.5 Å². The summed E-state index contributed by atoms with van der Waals surface area (Å²) in [5, 5.41) is 8.73. The number of hydrogen-bond donors (Lipinski definition) is 0. The molecular weight excluding hydrogens is 456 g/mol. The lowest BCUT2D eigenvalue weighted by Crippen LogP contribution is -2.32. The highest BCUT2D eigenvalue weighted by atomic mass is 16.5. The number of benzene rings is 5. The van der Waals surface area contributed by atoms with E-state index in [1.165, 1.54) is 22.3 Å². The van der Waals surface area contributed by atoms with Crippen molar-refractivity contribution in [3.63, 3.8) is 0 Å². The molecule has 1 aliphatic carbocycles. The molecule has 0 unspecified atom stereocenters. The molecule has 5 aromatic carbocycles. The van der Waals surface area contributed by atoms with Gasteiger partial charge >= 0.3 is 0 Å². The molecule has 0 atom stereocenters. The van der Waals surface area contributed by atoms with Gasteiger partial charge in [-0.05, 0) is 58.7 Å². The summed E-state index contributed by atoms with van der Waals surface area (Å²) in [6.07, 6.45) is 0. The van der Waals surface area contributed by atoms with Gasteiger partial charge in [0.05, 0.1) is 5.41 Å². The van der Waals surface area contributed by atoms with Crippen molar-refractivity contribution in [3.05, 3.63) is 144 Å². The fourth-order valence-corrected chi connectivity index (χ4v) is 6.03. The topological polar surface area (TPSA) is 48.2 Å². The largest absolute Gasteiger partial charge is 0.457 e. The number of nitrogens with zero attached hydrogens (tertiary/aromatic N) is 2. The first-order valence-electron chi connectivity index (χ1n) is 12.3. The van der Waals surface area contributed by atoms with E-state index in [4.69, 9.17) is 9.15 Å². The molecule has 1 aliphatic heterocycles. The van der Waals surface area contributed by atoms with E-state index in [0.717, 1.165) is 33.8 Å². The van der Waals surface area contributed by atoms with Crippen LogP contribution in [0.25, 0.3) is 34.0 Å². The SMILES string of the molecule is c1ccc(-c2nnc(-c3ccc4c(c3)C3(c5ccccc5O4)c4ccccc4-c4ccccc43)o2)cc1. The second kappa shape index (κ2) is 7.52. The summed E-state index contributed by atoms with van der Waals surface area (Å²) in [6, 6.07) is 41.8. The van der Waals surface area contributed by atoms with E-state index in [1.54, 1.807) is 0 Å². The van der Waals surface area contributed by atoms with E-state index in [-0.39, 0.29) is 0 Å². The second-order valence-electron chi connectivity index (χ2n) is 9.43. The van der Waals surface area contributed by atoms with Gasteiger partial charge in [-0.2, -0.15) is 0 Å². The predicted molar refractivity (Wildman–Crippen MR) is 143 cm³/mol. The molecular formula is C33H20N2O2. The molecule has 0 radical (unpaired) electrons. The molecule has 0 saturated heterocycles. The van der Waals surface area contributed by atoms with Crippen LogP contribution in [0.4, 0.5) is 0 Å². The first kappa shape index (κ1) is 20.3. The molecule has 0 saturated carbocycles. The van der Waals surface area contributed by atoms with Crippen molar-refractivity contribution in [3.8, 4) is 45.5 Å². The van der Waals surface area contributed by atoms with Gasteiger partial charge in [0, 0.05) is 22.3 Å². The van der Waals surface area contributed by atoms with Crippen molar-refractivity contribution < 1.29 is 9.15 Å². The third kappa shape index (κ3) is 2.72. The molecule has 1 aromatic heterocycles. The van der Waals surface area contributed by atoms with Gasteiger partial charge in [-0.1, -0.05) is 84.9 Å². The Morgan fingerprint density at radius 2 is 1.03 bits per heavy atom. The lowest BCUT2D eigenvalue weighted by molar-refractivity contribution is 0.436. The van der Waals surface area contributed by atoms with Gasteiger partial charge in [0.25, 0.3) is 0 Å². The fraction of sp³-hybridized carbons (Fsp3) is 0.0303. The summed E-state index contributed by atoms with van der Waals surface area (Å²) in [5.41, 5.74) is 8.43. The number of para-hydroxylation sites is 1. The maximum absolute atomic E-state index is 6.49. The monoisotopic (exact) mass is 476 g/mol. The van der Waals surface area contributed by atoms with E-state index in [1.807, 2.05) is 48.5 Å². The molecule has 174 valence electrons. The van der Waals surface area contributed by atoms with Crippen molar-refractivity contribution in [2.45, 2.75) is 5.41 Å². The van der Waals surface area contributed by atoms with Crippen LogP contribution in [0.15, 0.2) is 126 Å². The fourth-order valence-electron chi connectivity index (χ4n) is 6.03. The van der Waals surface area contributed by atoms with Gasteiger partial charge in [0.1, 0.15) is 11.5 Å². The Hall–Kier alpha value is -4.96. The zero-order valence-electron chi connectivity index (χ0n) is 19.8. The molecule has 4 heteroatoms. The van der Waals surface area contributed by atoms with Crippen LogP contribution in [0.1, 0.15) is 22.3 Å². The Bertz CT molecular complexity index is 1770. The number of rotatable bonds is 2. The van der Waals surface area contributed by atoms with Gasteiger partial charge in [0.15, 0.2) is 0 Å². The third-order valence-electron chi connectivity index (χ3n) is 7.54. The molecule has 1 spiro atoms. The normalized spacial score (nSPS) is 13.8. The van der Waals surface area contributed by atoms with Crippen LogP contribution in [-0.4, -0.2) is 10.2 Å². The van der Waals surface area contributed by atoms with Gasteiger partial charge in [-0.15, -0.1) is 10.2 Å². The molecule has 0 fully saturated rings. The van der Waals surface area contributed by atoms with Crippen molar-refractivity contribution in [1.82, 2.24) is 10.2 Å². The van der Waals surface area contributed by atoms with Crippen LogP contribution in [0.3, 0.4) is 0 Å². The molecule has 6 aromatic rings. The van der Waals surface area contributed by atoms with Crippen molar-refractivity contribution in [1.29, 1.82) is 0 Å². The van der Waals surface area contributed by atoms with Gasteiger partial charge in [0.2, 0.25) is 11.8 Å². The van der Waals surface area contributed by atoms with E-state index >= 15 is 0 Å². The van der Waals surface area contributed by atoms with E-state index in [0.29, 0.717) is 11.8 Å². The highest BCUT2D eigenvalue weighted by Crippen LogP contribution is 2.62. The van der Waals surface area contributed by atoms with E-state index < -0.39 is 5.41 Å². The minimum absolute atomic E-state index is 0.482. The van der Waals surface area contributed by atoms with Crippen LogP contribution < -0.4 is 4.74 Å². The Morgan fingerprint density at radius 1 is 0.459 bits per heavy atom. The molecule has 2 aliphatic rings. The Morgan fingerprint density at radius 3 is 1.76 bits per heavy atom.